The molecule has 0 saturated carbocycles. The summed E-state index contributed by atoms with van der Waals surface area (Å²) in [7, 11) is 0. The molecule has 1 aromatic heterocycles. The van der Waals surface area contributed by atoms with Crippen molar-refractivity contribution in [3.63, 3.8) is 0 Å². The van der Waals surface area contributed by atoms with Gasteiger partial charge in [0.2, 0.25) is 5.95 Å². The number of nitrogens with zero attached hydrogens (tertiary/aromatic N) is 3. The maximum Gasteiger partial charge on any atom is 0.433 e. The minimum Gasteiger partial charge on any atom is -0.366 e. The SMILES string of the molecule is CC(C)Nc1nc(NCc2ccc([N+](=O)[O-])cc2)cc(C(F)(F)F)n1. The van der Waals surface area contributed by atoms with Gasteiger partial charge in [0.25, 0.3) is 5.69 Å². The first-order chi connectivity index (χ1) is 11.6. The van der Waals surface area contributed by atoms with Crippen molar-refractivity contribution in [2.75, 3.05) is 10.6 Å². The van der Waals surface area contributed by atoms with Crippen molar-refractivity contribution in [2.45, 2.75) is 32.6 Å². The molecule has 7 nitrogen and oxygen atoms in total. The lowest BCUT2D eigenvalue weighted by molar-refractivity contribution is -0.384. The number of anilines is 2. The van der Waals surface area contributed by atoms with Crippen LogP contribution in [0.2, 0.25) is 0 Å². The van der Waals surface area contributed by atoms with Gasteiger partial charge in [-0.1, -0.05) is 12.1 Å². The Kier molecular flexibility index (Phi) is 5.40. The molecular formula is C15H16F3N5O2. The Morgan fingerprint density at radius 3 is 2.36 bits per heavy atom. The minimum atomic E-state index is -4.60. The van der Waals surface area contributed by atoms with Gasteiger partial charge in [-0.2, -0.15) is 18.2 Å². The summed E-state index contributed by atoms with van der Waals surface area (Å²) in [5, 5.41) is 16.1. The van der Waals surface area contributed by atoms with Crippen LogP contribution < -0.4 is 10.6 Å². The fourth-order valence-electron chi connectivity index (χ4n) is 1.93. The van der Waals surface area contributed by atoms with Gasteiger partial charge in [0, 0.05) is 30.8 Å². The second-order valence-corrected chi connectivity index (χ2v) is 5.54. The maximum absolute atomic E-state index is 13.0. The van der Waals surface area contributed by atoms with Crippen LogP contribution in [0.5, 0.6) is 0 Å². The zero-order valence-electron chi connectivity index (χ0n) is 13.5. The van der Waals surface area contributed by atoms with E-state index < -0.39 is 16.8 Å². The van der Waals surface area contributed by atoms with Gasteiger partial charge in [0.1, 0.15) is 5.82 Å². The van der Waals surface area contributed by atoms with E-state index >= 15 is 0 Å². The Hall–Kier alpha value is -2.91. The number of non-ortho nitro benzene ring substituents is 1. The van der Waals surface area contributed by atoms with Crippen LogP contribution in [0.25, 0.3) is 0 Å². The van der Waals surface area contributed by atoms with Crippen LogP contribution in [-0.4, -0.2) is 20.9 Å². The number of nitro benzene ring substituents is 1. The summed E-state index contributed by atoms with van der Waals surface area (Å²) < 4.78 is 38.9. The van der Waals surface area contributed by atoms with Crippen molar-refractivity contribution < 1.29 is 18.1 Å². The Morgan fingerprint density at radius 2 is 1.84 bits per heavy atom. The van der Waals surface area contributed by atoms with Crippen LogP contribution in [0.15, 0.2) is 30.3 Å². The number of nitro groups is 1. The standard InChI is InChI=1S/C15H16F3N5O2/c1-9(2)20-14-21-12(15(16,17)18)7-13(22-14)19-8-10-3-5-11(6-4-10)23(24)25/h3-7,9H,8H2,1-2H3,(H2,19,20,21,22). The van der Waals surface area contributed by atoms with Gasteiger partial charge in [-0.25, -0.2) is 4.98 Å². The molecule has 25 heavy (non-hydrogen) atoms. The molecule has 0 aliphatic heterocycles. The van der Waals surface area contributed by atoms with Crippen molar-refractivity contribution in [1.29, 1.82) is 0 Å². The van der Waals surface area contributed by atoms with E-state index in [4.69, 9.17) is 0 Å². The molecule has 2 N–H and O–H groups in total. The fraction of sp³-hybridized carbons (Fsp3) is 0.333. The van der Waals surface area contributed by atoms with Crippen LogP contribution in [0, 0.1) is 10.1 Å². The first-order valence-corrected chi connectivity index (χ1v) is 7.35. The van der Waals surface area contributed by atoms with Crippen LogP contribution in [0.4, 0.5) is 30.6 Å². The predicted octanol–water partition coefficient (Wildman–Crippen LogP) is 3.84. The monoisotopic (exact) mass is 355 g/mol. The summed E-state index contributed by atoms with van der Waals surface area (Å²) in [4.78, 5) is 17.6. The molecule has 1 aromatic carbocycles. The van der Waals surface area contributed by atoms with Crippen molar-refractivity contribution in [3.8, 4) is 0 Å². The topological polar surface area (TPSA) is 93.0 Å². The maximum atomic E-state index is 13.0. The van der Waals surface area contributed by atoms with Crippen molar-refractivity contribution in [2.24, 2.45) is 0 Å². The van der Waals surface area contributed by atoms with Crippen LogP contribution >= 0.6 is 0 Å². The number of halogens is 3. The molecule has 0 fully saturated rings. The number of benzene rings is 1. The number of alkyl halides is 3. The lowest BCUT2D eigenvalue weighted by atomic mass is 10.2. The number of hydrogen-bond acceptors (Lipinski definition) is 6. The van der Waals surface area contributed by atoms with Gasteiger partial charge < -0.3 is 10.6 Å². The minimum absolute atomic E-state index is 0.00354. The molecule has 0 bridgehead atoms. The summed E-state index contributed by atoms with van der Waals surface area (Å²) in [6.07, 6.45) is -4.60. The zero-order valence-corrected chi connectivity index (χ0v) is 13.5. The first-order valence-electron chi connectivity index (χ1n) is 7.35. The van der Waals surface area contributed by atoms with Gasteiger partial charge >= 0.3 is 6.18 Å². The van der Waals surface area contributed by atoms with E-state index in [1.54, 1.807) is 13.8 Å². The van der Waals surface area contributed by atoms with Crippen LogP contribution in [0.1, 0.15) is 25.1 Å². The Labute approximate surface area is 141 Å². The van der Waals surface area contributed by atoms with E-state index in [-0.39, 0.29) is 30.0 Å². The number of aromatic nitrogens is 2. The summed E-state index contributed by atoms with van der Waals surface area (Å²) in [6.45, 7) is 3.68. The smallest absolute Gasteiger partial charge is 0.366 e. The predicted molar refractivity (Wildman–Crippen MR) is 86.2 cm³/mol. The largest absolute Gasteiger partial charge is 0.433 e. The molecule has 0 saturated heterocycles. The summed E-state index contributed by atoms with van der Waals surface area (Å²) in [5.74, 6) is -0.125. The van der Waals surface area contributed by atoms with Gasteiger partial charge in [0.05, 0.1) is 4.92 Å². The summed E-state index contributed by atoms with van der Waals surface area (Å²) in [6, 6.07) is 6.37. The number of rotatable bonds is 6. The van der Waals surface area contributed by atoms with Crippen LogP contribution in [0.3, 0.4) is 0 Å². The molecule has 0 radical (unpaired) electrons. The molecule has 2 rings (SSSR count). The average Bonchev–Trinajstić information content (AvgIpc) is 2.51. The molecule has 10 heteroatoms. The molecule has 0 amide bonds. The average molecular weight is 355 g/mol. The Bertz CT molecular complexity index is 748. The van der Waals surface area contributed by atoms with Crippen molar-refractivity contribution in [3.05, 3.63) is 51.7 Å². The number of nitrogens with one attached hydrogen (secondary N) is 2. The van der Waals surface area contributed by atoms with Crippen LogP contribution in [-0.2, 0) is 12.7 Å². The van der Waals surface area contributed by atoms with Gasteiger partial charge in [-0.3, -0.25) is 10.1 Å². The normalized spacial score (nSPS) is 11.4. The van der Waals surface area contributed by atoms with Crippen molar-refractivity contribution >= 4 is 17.5 Å². The van der Waals surface area contributed by atoms with E-state index in [0.717, 1.165) is 6.07 Å². The third kappa shape index (κ3) is 5.30. The van der Waals surface area contributed by atoms with Gasteiger partial charge in [0.15, 0.2) is 5.69 Å². The summed E-state index contributed by atoms with van der Waals surface area (Å²) in [5.41, 5.74) is -0.457. The van der Waals surface area contributed by atoms with E-state index in [1.165, 1.54) is 24.3 Å². The molecule has 2 aromatic rings. The lowest BCUT2D eigenvalue weighted by Crippen LogP contribution is -2.17. The molecular weight excluding hydrogens is 339 g/mol. The Morgan fingerprint density at radius 1 is 1.20 bits per heavy atom. The third-order valence-electron chi connectivity index (χ3n) is 3.06. The fourth-order valence-corrected chi connectivity index (χ4v) is 1.93. The second kappa shape index (κ2) is 7.32. The third-order valence-corrected chi connectivity index (χ3v) is 3.06. The lowest BCUT2D eigenvalue weighted by Gasteiger charge is -2.14. The van der Waals surface area contributed by atoms with E-state index in [2.05, 4.69) is 20.6 Å². The van der Waals surface area contributed by atoms with Gasteiger partial charge in [-0.15, -0.1) is 0 Å². The molecule has 0 atom stereocenters. The highest BCUT2D eigenvalue weighted by molar-refractivity contribution is 5.44. The van der Waals surface area contributed by atoms with E-state index in [9.17, 15) is 23.3 Å². The Balaban J connectivity index is 2.18. The molecule has 1 heterocycles. The van der Waals surface area contributed by atoms with E-state index in [1.807, 2.05) is 0 Å². The van der Waals surface area contributed by atoms with Crippen molar-refractivity contribution in [1.82, 2.24) is 9.97 Å². The molecule has 0 unspecified atom stereocenters. The first kappa shape index (κ1) is 18.4. The van der Waals surface area contributed by atoms with Gasteiger partial charge in [-0.05, 0) is 19.4 Å². The highest BCUT2D eigenvalue weighted by Gasteiger charge is 2.33. The molecule has 0 aliphatic carbocycles. The van der Waals surface area contributed by atoms with E-state index in [0.29, 0.717) is 5.56 Å². The molecule has 0 spiro atoms. The molecule has 0 aliphatic rings. The summed E-state index contributed by atoms with van der Waals surface area (Å²) >= 11 is 0. The quantitative estimate of drug-likeness (QED) is 0.604. The second-order valence-electron chi connectivity index (χ2n) is 5.54. The highest BCUT2D eigenvalue weighted by atomic mass is 19.4. The number of hydrogen-bond donors (Lipinski definition) is 2. The zero-order chi connectivity index (χ0) is 18.6. The molecule has 134 valence electrons. The highest BCUT2D eigenvalue weighted by Crippen LogP contribution is 2.30.